The number of sulfonamides is 1. The summed E-state index contributed by atoms with van der Waals surface area (Å²) in [5, 5.41) is 1.24. The Kier molecular flexibility index (Phi) is 5.24. The van der Waals surface area contributed by atoms with E-state index >= 15 is 0 Å². The van der Waals surface area contributed by atoms with E-state index in [1.54, 1.807) is 12.3 Å². The first kappa shape index (κ1) is 16.7. The van der Waals surface area contributed by atoms with Crippen LogP contribution in [0.2, 0.25) is 10.0 Å². The van der Waals surface area contributed by atoms with Gasteiger partial charge in [-0.25, -0.2) is 18.1 Å². The van der Waals surface area contributed by atoms with Gasteiger partial charge in [0.05, 0.1) is 10.0 Å². The summed E-state index contributed by atoms with van der Waals surface area (Å²) in [4.78, 5) is 4.81. The van der Waals surface area contributed by atoms with Crippen molar-refractivity contribution in [2.45, 2.75) is 24.9 Å². The lowest BCUT2D eigenvalue weighted by Crippen LogP contribution is -2.23. The van der Waals surface area contributed by atoms with E-state index in [0.29, 0.717) is 5.56 Å². The Morgan fingerprint density at radius 1 is 1.38 bits per heavy atom. The number of hydrogen-bond donors (Lipinski definition) is 2. The normalized spacial score (nSPS) is 11.8. The molecule has 0 fully saturated rings. The van der Waals surface area contributed by atoms with E-state index in [0.717, 1.165) is 9.88 Å². The molecular formula is C12H13Cl2N3O2S2. The van der Waals surface area contributed by atoms with Crippen molar-refractivity contribution in [3.63, 3.8) is 0 Å². The monoisotopic (exact) mass is 365 g/mol. The Bertz CT molecular complexity index is 760. The van der Waals surface area contributed by atoms with Crippen LogP contribution < -0.4 is 10.5 Å². The van der Waals surface area contributed by atoms with Crippen molar-refractivity contribution in [1.29, 1.82) is 0 Å². The Morgan fingerprint density at radius 3 is 2.67 bits per heavy atom. The van der Waals surface area contributed by atoms with Crippen molar-refractivity contribution in [3.8, 4) is 0 Å². The van der Waals surface area contributed by atoms with Gasteiger partial charge in [0, 0.05) is 29.2 Å². The third-order valence-corrected chi connectivity index (χ3v) is 5.81. The van der Waals surface area contributed by atoms with E-state index in [1.807, 2.05) is 6.92 Å². The van der Waals surface area contributed by atoms with Gasteiger partial charge in [0.2, 0.25) is 10.0 Å². The molecule has 0 bridgehead atoms. The SMILES string of the molecule is Cc1ncc(CNS(=O)(=O)c2cc(Cl)cc(CN)c2Cl)s1. The molecule has 1 aromatic carbocycles. The third kappa shape index (κ3) is 3.94. The maximum Gasteiger partial charge on any atom is 0.242 e. The summed E-state index contributed by atoms with van der Waals surface area (Å²) in [7, 11) is -3.78. The molecule has 1 aromatic heterocycles. The lowest BCUT2D eigenvalue weighted by molar-refractivity contribution is 0.581. The Balaban J connectivity index is 2.29. The number of rotatable bonds is 5. The number of aromatic nitrogens is 1. The molecule has 0 aliphatic carbocycles. The van der Waals surface area contributed by atoms with E-state index in [2.05, 4.69) is 9.71 Å². The second-order valence-electron chi connectivity index (χ2n) is 4.25. The zero-order valence-electron chi connectivity index (χ0n) is 11.1. The van der Waals surface area contributed by atoms with E-state index in [9.17, 15) is 8.42 Å². The molecule has 0 spiro atoms. The van der Waals surface area contributed by atoms with Crippen LogP contribution in [0.1, 0.15) is 15.4 Å². The number of halogens is 2. The number of thiazole rings is 1. The molecule has 0 atom stereocenters. The van der Waals surface area contributed by atoms with Gasteiger partial charge in [0.25, 0.3) is 0 Å². The zero-order chi connectivity index (χ0) is 15.6. The van der Waals surface area contributed by atoms with Gasteiger partial charge in [-0.2, -0.15) is 0 Å². The van der Waals surface area contributed by atoms with Crippen LogP contribution in [0.5, 0.6) is 0 Å². The van der Waals surface area contributed by atoms with Crippen molar-refractivity contribution in [2.75, 3.05) is 0 Å². The minimum absolute atomic E-state index is 0.0710. The highest BCUT2D eigenvalue weighted by Crippen LogP contribution is 2.29. The number of nitrogens with one attached hydrogen (secondary N) is 1. The number of aryl methyl sites for hydroxylation is 1. The third-order valence-electron chi connectivity index (χ3n) is 2.69. The molecule has 0 saturated carbocycles. The molecule has 114 valence electrons. The summed E-state index contributed by atoms with van der Waals surface area (Å²) in [6.07, 6.45) is 1.63. The highest BCUT2D eigenvalue weighted by molar-refractivity contribution is 7.89. The van der Waals surface area contributed by atoms with E-state index in [1.165, 1.54) is 17.4 Å². The predicted molar refractivity (Wildman–Crippen MR) is 85.2 cm³/mol. The molecule has 1 heterocycles. The molecular weight excluding hydrogens is 353 g/mol. The molecule has 0 amide bonds. The van der Waals surface area contributed by atoms with Crippen LogP contribution >= 0.6 is 34.5 Å². The molecule has 0 unspecified atom stereocenters. The average molecular weight is 366 g/mol. The van der Waals surface area contributed by atoms with Crippen LogP contribution in [0.25, 0.3) is 0 Å². The highest BCUT2D eigenvalue weighted by atomic mass is 35.5. The standard InChI is InChI=1S/C12H13Cl2N3O2S2/c1-7-16-5-10(20-7)6-17-21(18,19)11-3-9(13)2-8(4-15)12(11)14/h2-3,5,17H,4,6,15H2,1H3. The van der Waals surface area contributed by atoms with Crippen LogP contribution in [-0.4, -0.2) is 13.4 Å². The fourth-order valence-corrected chi connectivity index (χ4v) is 4.47. The fourth-order valence-electron chi connectivity index (χ4n) is 1.69. The van der Waals surface area contributed by atoms with Crippen LogP contribution in [0.3, 0.4) is 0 Å². The molecule has 0 saturated heterocycles. The van der Waals surface area contributed by atoms with Gasteiger partial charge in [-0.3, -0.25) is 0 Å². The summed E-state index contributed by atoms with van der Waals surface area (Å²) >= 11 is 13.4. The molecule has 3 N–H and O–H groups in total. The lowest BCUT2D eigenvalue weighted by Gasteiger charge is -2.11. The summed E-state index contributed by atoms with van der Waals surface area (Å²) < 4.78 is 27.2. The molecule has 5 nitrogen and oxygen atoms in total. The van der Waals surface area contributed by atoms with Crippen molar-refractivity contribution in [2.24, 2.45) is 5.73 Å². The van der Waals surface area contributed by atoms with Gasteiger partial charge in [0.1, 0.15) is 4.90 Å². The van der Waals surface area contributed by atoms with Crippen LogP contribution in [-0.2, 0) is 23.1 Å². The second-order valence-corrected chi connectivity index (χ2v) is 8.12. The minimum atomic E-state index is -3.78. The minimum Gasteiger partial charge on any atom is -0.326 e. The maximum atomic E-state index is 12.3. The molecule has 2 aromatic rings. The van der Waals surface area contributed by atoms with Crippen LogP contribution in [0, 0.1) is 6.92 Å². The van der Waals surface area contributed by atoms with E-state index in [-0.39, 0.29) is 28.0 Å². The molecule has 0 aliphatic heterocycles. The summed E-state index contributed by atoms with van der Waals surface area (Å²) in [6, 6.07) is 2.86. The summed E-state index contributed by atoms with van der Waals surface area (Å²) in [5.74, 6) is 0. The lowest BCUT2D eigenvalue weighted by atomic mass is 10.2. The molecule has 0 aliphatic rings. The molecule has 0 radical (unpaired) electrons. The Labute approximate surface area is 137 Å². The topological polar surface area (TPSA) is 85.1 Å². The number of hydrogen-bond acceptors (Lipinski definition) is 5. The van der Waals surface area contributed by atoms with Crippen LogP contribution in [0.15, 0.2) is 23.2 Å². The van der Waals surface area contributed by atoms with Gasteiger partial charge in [-0.1, -0.05) is 23.2 Å². The molecule has 2 rings (SSSR count). The van der Waals surface area contributed by atoms with E-state index < -0.39 is 10.0 Å². The van der Waals surface area contributed by atoms with E-state index in [4.69, 9.17) is 28.9 Å². The van der Waals surface area contributed by atoms with Crippen LogP contribution in [0.4, 0.5) is 0 Å². The number of nitrogens with two attached hydrogens (primary N) is 1. The Morgan fingerprint density at radius 2 is 2.10 bits per heavy atom. The highest BCUT2D eigenvalue weighted by Gasteiger charge is 2.21. The van der Waals surface area contributed by atoms with Crippen molar-refractivity contribution >= 4 is 44.6 Å². The zero-order valence-corrected chi connectivity index (χ0v) is 14.2. The second kappa shape index (κ2) is 6.60. The first-order valence-electron chi connectivity index (χ1n) is 5.92. The molecule has 9 heteroatoms. The van der Waals surface area contributed by atoms with Crippen molar-refractivity contribution in [3.05, 3.63) is 43.8 Å². The molecule has 21 heavy (non-hydrogen) atoms. The number of nitrogens with zero attached hydrogens (tertiary/aromatic N) is 1. The van der Waals surface area contributed by atoms with Gasteiger partial charge in [0.15, 0.2) is 0 Å². The predicted octanol–water partition coefficient (Wildman–Crippen LogP) is 2.70. The number of benzene rings is 1. The van der Waals surface area contributed by atoms with Crippen molar-refractivity contribution < 1.29 is 8.42 Å². The van der Waals surface area contributed by atoms with Gasteiger partial charge < -0.3 is 5.73 Å². The van der Waals surface area contributed by atoms with Gasteiger partial charge >= 0.3 is 0 Å². The largest absolute Gasteiger partial charge is 0.326 e. The summed E-state index contributed by atoms with van der Waals surface area (Å²) in [5.41, 5.74) is 6.02. The van der Waals surface area contributed by atoms with Crippen molar-refractivity contribution in [1.82, 2.24) is 9.71 Å². The van der Waals surface area contributed by atoms with Gasteiger partial charge in [-0.05, 0) is 24.6 Å². The first-order chi connectivity index (χ1) is 9.83. The first-order valence-corrected chi connectivity index (χ1v) is 8.98. The quantitative estimate of drug-likeness (QED) is 0.852. The summed E-state index contributed by atoms with van der Waals surface area (Å²) in [6.45, 7) is 2.11. The smallest absolute Gasteiger partial charge is 0.242 e. The Hall–Kier alpha value is -0.700. The maximum absolute atomic E-state index is 12.3. The van der Waals surface area contributed by atoms with Gasteiger partial charge in [-0.15, -0.1) is 11.3 Å². The average Bonchev–Trinajstić information content (AvgIpc) is 2.84. The fraction of sp³-hybridized carbons (Fsp3) is 0.250.